The fraction of sp³-hybridized carbons (Fsp3) is 0.636. The Balaban J connectivity index is 3.21. The Labute approximate surface area is 89.7 Å². The summed E-state index contributed by atoms with van der Waals surface area (Å²) in [7, 11) is 1.62. The molecule has 4 heteroatoms. The minimum atomic E-state index is -0.156. The van der Waals surface area contributed by atoms with E-state index in [0.29, 0.717) is 11.4 Å². The topological polar surface area (TPSA) is 55.0 Å². The zero-order valence-electron chi connectivity index (χ0n) is 9.92. The van der Waals surface area contributed by atoms with Crippen molar-refractivity contribution < 1.29 is 4.74 Å². The number of aromatic nitrogens is 2. The first kappa shape index (κ1) is 11.9. The van der Waals surface area contributed by atoms with Gasteiger partial charge in [-0.1, -0.05) is 13.8 Å². The molecule has 0 aliphatic rings. The molecule has 0 fully saturated rings. The second-order valence-electron chi connectivity index (χ2n) is 4.06. The molecule has 1 unspecified atom stereocenters. The van der Waals surface area contributed by atoms with Crippen molar-refractivity contribution in [3.05, 3.63) is 27.4 Å². The van der Waals surface area contributed by atoms with Gasteiger partial charge in [-0.05, 0) is 19.8 Å². The van der Waals surface area contributed by atoms with Crippen LogP contribution in [0.25, 0.3) is 0 Å². The van der Waals surface area contributed by atoms with Crippen LogP contribution in [0.15, 0.2) is 4.79 Å². The Morgan fingerprint density at radius 1 is 1.33 bits per heavy atom. The van der Waals surface area contributed by atoms with Gasteiger partial charge in [-0.25, -0.2) is 4.98 Å². The van der Waals surface area contributed by atoms with Crippen LogP contribution in [0.3, 0.4) is 0 Å². The lowest BCUT2D eigenvalue weighted by atomic mass is 10.1. The van der Waals surface area contributed by atoms with Crippen LogP contribution in [0.1, 0.15) is 37.0 Å². The molecule has 0 aliphatic carbocycles. The molecule has 0 aromatic carbocycles. The van der Waals surface area contributed by atoms with Crippen LogP contribution in [0.2, 0.25) is 0 Å². The number of aryl methyl sites for hydroxylation is 1. The van der Waals surface area contributed by atoms with Gasteiger partial charge in [-0.2, -0.15) is 0 Å². The number of nitrogens with one attached hydrogen (secondary N) is 1. The molecule has 0 aliphatic heterocycles. The van der Waals surface area contributed by atoms with E-state index in [1.807, 2.05) is 20.8 Å². The van der Waals surface area contributed by atoms with Crippen molar-refractivity contribution >= 4 is 0 Å². The summed E-state index contributed by atoms with van der Waals surface area (Å²) in [5.74, 6) is 0.890. The number of methoxy groups -OCH3 is 1. The van der Waals surface area contributed by atoms with Crippen LogP contribution >= 0.6 is 0 Å². The Morgan fingerprint density at radius 3 is 2.33 bits per heavy atom. The summed E-state index contributed by atoms with van der Waals surface area (Å²) in [6, 6.07) is 0. The summed E-state index contributed by atoms with van der Waals surface area (Å²) >= 11 is 0. The molecule has 1 aromatic heterocycles. The van der Waals surface area contributed by atoms with Gasteiger partial charge in [0.05, 0.1) is 0 Å². The van der Waals surface area contributed by atoms with Crippen LogP contribution in [0, 0.1) is 19.8 Å². The molecule has 4 nitrogen and oxygen atoms in total. The molecular weight excluding hydrogens is 192 g/mol. The normalized spacial score (nSPS) is 13.2. The third kappa shape index (κ3) is 2.45. The summed E-state index contributed by atoms with van der Waals surface area (Å²) in [6.45, 7) is 7.66. The molecule has 1 N–H and O–H groups in total. The van der Waals surface area contributed by atoms with Crippen LogP contribution in [-0.4, -0.2) is 17.1 Å². The molecule has 0 saturated carbocycles. The highest BCUT2D eigenvalue weighted by Gasteiger charge is 2.18. The number of hydrogen-bond acceptors (Lipinski definition) is 3. The minimum Gasteiger partial charge on any atom is -0.373 e. The van der Waals surface area contributed by atoms with Gasteiger partial charge in [-0.15, -0.1) is 0 Å². The Bertz CT molecular complexity index is 396. The van der Waals surface area contributed by atoms with Crippen molar-refractivity contribution in [2.45, 2.75) is 33.8 Å². The van der Waals surface area contributed by atoms with Crippen molar-refractivity contribution in [1.29, 1.82) is 0 Å². The number of nitrogens with zero attached hydrogens (tertiary/aromatic N) is 1. The third-order valence-corrected chi connectivity index (χ3v) is 2.54. The molecule has 1 aromatic rings. The standard InChI is InChI=1S/C11H18N2O2/c1-6(2)9(15-5)10-12-8(4)7(3)11(14)13-10/h6,9H,1-5H3,(H,12,13,14). The number of H-pyrrole nitrogens is 1. The van der Waals surface area contributed by atoms with Crippen molar-refractivity contribution in [2.75, 3.05) is 7.11 Å². The summed E-state index contributed by atoms with van der Waals surface area (Å²) in [6.07, 6.45) is -0.156. The summed E-state index contributed by atoms with van der Waals surface area (Å²) in [5, 5.41) is 0. The van der Waals surface area contributed by atoms with E-state index in [4.69, 9.17) is 4.74 Å². The van der Waals surface area contributed by atoms with Crippen LogP contribution in [-0.2, 0) is 4.74 Å². The molecule has 1 heterocycles. The Hall–Kier alpha value is -1.16. The smallest absolute Gasteiger partial charge is 0.254 e. The lowest BCUT2D eigenvalue weighted by Crippen LogP contribution is -2.21. The summed E-state index contributed by atoms with van der Waals surface area (Å²) < 4.78 is 5.32. The van der Waals surface area contributed by atoms with Crippen LogP contribution in [0.5, 0.6) is 0 Å². The maximum absolute atomic E-state index is 11.6. The molecule has 15 heavy (non-hydrogen) atoms. The fourth-order valence-electron chi connectivity index (χ4n) is 1.50. The van der Waals surface area contributed by atoms with Crippen molar-refractivity contribution in [1.82, 2.24) is 9.97 Å². The van der Waals surface area contributed by atoms with E-state index in [9.17, 15) is 4.79 Å². The van der Waals surface area contributed by atoms with Gasteiger partial charge in [0.25, 0.3) is 5.56 Å². The molecule has 1 atom stereocenters. The van der Waals surface area contributed by atoms with Gasteiger partial charge in [-0.3, -0.25) is 4.79 Å². The van der Waals surface area contributed by atoms with E-state index in [1.165, 1.54) is 0 Å². The van der Waals surface area contributed by atoms with E-state index in [2.05, 4.69) is 9.97 Å². The molecular formula is C11H18N2O2. The second-order valence-corrected chi connectivity index (χ2v) is 4.06. The Morgan fingerprint density at radius 2 is 1.93 bits per heavy atom. The monoisotopic (exact) mass is 210 g/mol. The van der Waals surface area contributed by atoms with Gasteiger partial charge >= 0.3 is 0 Å². The Kier molecular flexibility index (Phi) is 3.63. The lowest BCUT2D eigenvalue weighted by molar-refractivity contribution is 0.0571. The van der Waals surface area contributed by atoms with Gasteiger partial charge in [0, 0.05) is 18.4 Å². The summed E-state index contributed by atoms with van der Waals surface area (Å²) in [5.41, 5.74) is 1.34. The van der Waals surface area contributed by atoms with Gasteiger partial charge in [0.15, 0.2) is 0 Å². The fourth-order valence-corrected chi connectivity index (χ4v) is 1.50. The first-order chi connectivity index (χ1) is 6.97. The third-order valence-electron chi connectivity index (χ3n) is 2.54. The lowest BCUT2D eigenvalue weighted by Gasteiger charge is -2.18. The van der Waals surface area contributed by atoms with Crippen molar-refractivity contribution in [2.24, 2.45) is 5.92 Å². The molecule has 1 rings (SSSR count). The average molecular weight is 210 g/mol. The van der Waals surface area contributed by atoms with Crippen LogP contribution < -0.4 is 5.56 Å². The first-order valence-corrected chi connectivity index (χ1v) is 5.07. The largest absolute Gasteiger partial charge is 0.373 e. The second kappa shape index (κ2) is 4.57. The quantitative estimate of drug-likeness (QED) is 0.826. The van der Waals surface area contributed by atoms with Gasteiger partial charge in [0.2, 0.25) is 0 Å². The predicted octanol–water partition coefficient (Wildman–Crippen LogP) is 1.73. The zero-order valence-corrected chi connectivity index (χ0v) is 9.92. The molecule has 0 saturated heterocycles. The maximum atomic E-state index is 11.6. The molecule has 0 radical (unpaired) electrons. The first-order valence-electron chi connectivity index (χ1n) is 5.07. The maximum Gasteiger partial charge on any atom is 0.254 e. The van der Waals surface area contributed by atoms with E-state index in [1.54, 1.807) is 14.0 Å². The average Bonchev–Trinajstić information content (AvgIpc) is 2.14. The van der Waals surface area contributed by atoms with E-state index < -0.39 is 0 Å². The van der Waals surface area contributed by atoms with E-state index in [0.717, 1.165) is 5.69 Å². The minimum absolute atomic E-state index is 0.0831. The number of aromatic amines is 1. The predicted molar refractivity (Wildman–Crippen MR) is 58.9 cm³/mol. The number of ether oxygens (including phenoxy) is 1. The van der Waals surface area contributed by atoms with Crippen LogP contribution in [0.4, 0.5) is 0 Å². The number of hydrogen-bond donors (Lipinski definition) is 1. The summed E-state index contributed by atoms with van der Waals surface area (Å²) in [4.78, 5) is 18.7. The highest BCUT2D eigenvalue weighted by molar-refractivity contribution is 5.15. The molecule has 0 amide bonds. The number of rotatable bonds is 3. The molecule has 84 valence electrons. The highest BCUT2D eigenvalue weighted by atomic mass is 16.5. The van der Waals surface area contributed by atoms with Crippen molar-refractivity contribution in [3.8, 4) is 0 Å². The van der Waals surface area contributed by atoms with Gasteiger partial charge in [0.1, 0.15) is 11.9 Å². The highest BCUT2D eigenvalue weighted by Crippen LogP contribution is 2.21. The van der Waals surface area contributed by atoms with Gasteiger partial charge < -0.3 is 9.72 Å². The molecule has 0 bridgehead atoms. The van der Waals surface area contributed by atoms with E-state index >= 15 is 0 Å². The molecule has 0 spiro atoms. The van der Waals surface area contributed by atoms with E-state index in [-0.39, 0.29) is 17.6 Å². The zero-order chi connectivity index (χ0) is 11.6. The SMILES string of the molecule is COC(c1nc(C)c(C)c(=O)[nH]1)C(C)C. The van der Waals surface area contributed by atoms with Crippen molar-refractivity contribution in [3.63, 3.8) is 0 Å².